The van der Waals surface area contributed by atoms with Crippen LogP contribution in [0.25, 0.3) is 47.1 Å². The zero-order chi connectivity index (χ0) is 80.1. The number of nitrogens with zero attached hydrogens (tertiary/aromatic N) is 9. The number of allylic oxidation sites excluding steroid dienone is 1. The van der Waals surface area contributed by atoms with Crippen LogP contribution in [0.4, 0.5) is 17.6 Å². The number of thiophene rings is 3. The predicted octanol–water partition coefficient (Wildman–Crippen LogP) is 20.1. The molecule has 4 N–H and O–H groups in total. The minimum absolute atomic E-state index is 0.00952. The van der Waals surface area contributed by atoms with Crippen molar-refractivity contribution in [3.8, 4) is 22.7 Å². The van der Waals surface area contributed by atoms with Crippen LogP contribution in [0.5, 0.6) is 0 Å². The van der Waals surface area contributed by atoms with Gasteiger partial charge in [-0.05, 0) is 262 Å². The average molecular weight is 1600 g/mol. The van der Waals surface area contributed by atoms with Crippen molar-refractivity contribution in [2.24, 2.45) is 27.4 Å². The number of hydrogen-bond donors (Lipinski definition) is 3. The van der Waals surface area contributed by atoms with E-state index in [0.29, 0.717) is 23.5 Å². The standard InChI is InChI=1S/C25H26FN3OS.C22H20FN3OS.C17H18FN3.C17H15FN2O.C5H4O2S.C2H6.CH3Cl/c1-3-12-28(24(30)22-5-4-13-31-22)23-11-6-18-14-21-17(15-25(18,23)2)16-27-29(21)20-9-7-19(26)8-10-20;1-22-12-14-13-24-26(17-7-5-16(23)6-8-17)18(14)11-15(22)4-9-20(22)25-21(27)19-3-2-10-28-19;1-17-9-11-10-20-21(14-5-3-13(18)4-6-14)15(11)8-12(17)2-7-16(17)19;1-17-9-11-10-19-20(14-5-3-13(18)4-6-14)15(11)8-12(17)2-7-16(17)21;6-5(7)4-2-1-3-8-4;2*1-2/h4-5,7-10,13-14,16,23H,3,6,11-12,15H2,1-2H3;2-3,5-8,10-11,13,20H,4,9,12H2,1H3,(H,25,27);3-6,8,10,16H,2,7,9,19H2,1H3;3-6,8,10H,2,7,9H2,1H3;1-3H,(H,6,7);1-2H3;1H3/t23-,25-;20-,22-;16-,17-;17-;;;/m0000.../s1. The summed E-state index contributed by atoms with van der Waals surface area (Å²) in [4.78, 5) is 52.2. The fourth-order valence-electron chi connectivity index (χ4n) is 17.3. The molecule has 113 heavy (non-hydrogen) atoms. The van der Waals surface area contributed by atoms with Crippen LogP contribution in [0.3, 0.4) is 0 Å². The van der Waals surface area contributed by atoms with Crippen molar-refractivity contribution in [2.75, 3.05) is 12.9 Å². The molecule has 0 aliphatic heterocycles. The second-order valence-electron chi connectivity index (χ2n) is 30.2. The first-order chi connectivity index (χ1) is 54.5. The van der Waals surface area contributed by atoms with Crippen LogP contribution in [0.2, 0.25) is 0 Å². The van der Waals surface area contributed by atoms with Gasteiger partial charge in [0.15, 0.2) is 0 Å². The van der Waals surface area contributed by atoms with Gasteiger partial charge in [-0.15, -0.1) is 45.6 Å². The van der Waals surface area contributed by atoms with Crippen molar-refractivity contribution >= 4 is 93.5 Å². The number of fused-ring (bicyclic) bond motifs is 8. The Balaban J connectivity index is 0.000000127. The van der Waals surface area contributed by atoms with Crippen molar-refractivity contribution in [3.63, 3.8) is 0 Å². The average Bonchev–Trinajstić information content (AvgIpc) is 1.60. The number of nitrogens with two attached hydrogens (primary N) is 1. The lowest BCUT2D eigenvalue weighted by Gasteiger charge is -2.42. The molecule has 0 unspecified atom stereocenters. The summed E-state index contributed by atoms with van der Waals surface area (Å²) in [6.07, 6.45) is 29.6. The van der Waals surface area contributed by atoms with Crippen molar-refractivity contribution in [3.05, 3.63) is 280 Å². The number of aromatic nitrogens is 8. The number of Topliss-reactive ketones (excluding diaryl/α,β-unsaturated/α-hetero) is 1. The number of rotatable bonds is 11. The van der Waals surface area contributed by atoms with Crippen LogP contribution in [0.15, 0.2) is 197 Å². The number of aromatic carboxylic acids is 1. The second-order valence-corrected chi connectivity index (χ2v) is 33.0. The van der Waals surface area contributed by atoms with E-state index in [1.165, 1.54) is 122 Å². The molecule has 0 radical (unpaired) electrons. The molecule has 16 nitrogen and oxygen atoms in total. The Morgan fingerprint density at radius 3 is 1.29 bits per heavy atom. The van der Waals surface area contributed by atoms with Gasteiger partial charge in [-0.2, -0.15) is 20.4 Å². The number of benzene rings is 4. The number of carbonyl (C=O) groups excluding carboxylic acids is 3. The Bertz CT molecular complexity index is 5360. The maximum Gasteiger partial charge on any atom is 0.345 e. The molecule has 4 saturated carbocycles. The first-order valence-corrected chi connectivity index (χ1v) is 41.7. The molecule has 7 heterocycles. The summed E-state index contributed by atoms with van der Waals surface area (Å²) >= 11 is 8.85. The summed E-state index contributed by atoms with van der Waals surface area (Å²) in [5.41, 5.74) is 23.5. The van der Waals surface area contributed by atoms with Crippen LogP contribution in [-0.2, 0) is 30.5 Å². The van der Waals surface area contributed by atoms with Crippen molar-refractivity contribution < 1.29 is 41.8 Å². The molecule has 24 heteroatoms. The number of amides is 2. The van der Waals surface area contributed by atoms with Gasteiger partial charge < -0.3 is 21.1 Å². The van der Waals surface area contributed by atoms with E-state index in [4.69, 9.17) is 10.8 Å². The quantitative estimate of drug-likeness (QED) is 0.0826. The molecule has 8 aliphatic carbocycles. The topological polar surface area (TPSA) is 201 Å². The molecule has 586 valence electrons. The molecule has 19 rings (SSSR count). The predicted molar refractivity (Wildman–Crippen MR) is 443 cm³/mol. The van der Waals surface area contributed by atoms with E-state index in [1.807, 2.05) is 99.3 Å². The number of halogens is 5. The van der Waals surface area contributed by atoms with E-state index >= 15 is 0 Å². The van der Waals surface area contributed by atoms with Crippen LogP contribution < -0.4 is 11.1 Å². The van der Waals surface area contributed by atoms with E-state index in [9.17, 15) is 36.7 Å². The number of hydrogen-bond acceptors (Lipinski definition) is 12. The second kappa shape index (κ2) is 34.3. The van der Waals surface area contributed by atoms with Gasteiger partial charge in [-0.3, -0.25) is 14.4 Å². The van der Waals surface area contributed by atoms with Gasteiger partial charge in [0.25, 0.3) is 11.8 Å². The largest absolute Gasteiger partial charge is 0.477 e. The number of ketones is 1. The van der Waals surface area contributed by atoms with E-state index in [0.717, 1.165) is 144 Å². The van der Waals surface area contributed by atoms with Crippen LogP contribution in [-0.4, -0.2) is 104 Å². The molecule has 2 amide bonds. The minimum Gasteiger partial charge on any atom is -0.477 e. The van der Waals surface area contributed by atoms with Gasteiger partial charge in [0, 0.05) is 53.7 Å². The number of carboxylic acid groups (broad SMARTS) is 1. The lowest BCUT2D eigenvalue weighted by atomic mass is 9.72. The Kier molecular flexibility index (Phi) is 24.5. The highest BCUT2D eigenvalue weighted by atomic mass is 35.5. The van der Waals surface area contributed by atoms with Gasteiger partial charge in [0.2, 0.25) is 0 Å². The van der Waals surface area contributed by atoms with E-state index in [-0.39, 0.29) is 74.9 Å². The van der Waals surface area contributed by atoms with Gasteiger partial charge in [0.05, 0.1) is 85.5 Å². The van der Waals surface area contributed by atoms with Crippen LogP contribution in [0.1, 0.15) is 180 Å². The Labute approximate surface area is 673 Å². The van der Waals surface area contributed by atoms with E-state index in [1.54, 1.807) is 66.0 Å². The van der Waals surface area contributed by atoms with Crippen molar-refractivity contribution in [2.45, 2.75) is 150 Å². The molecule has 0 bridgehead atoms. The Hall–Kier alpha value is -10.2. The summed E-state index contributed by atoms with van der Waals surface area (Å²) in [5.74, 6) is -1.35. The third-order valence-electron chi connectivity index (χ3n) is 23.5. The SMILES string of the molecule is CC.CCCN(C(=O)c1cccs1)[C@H]1CCC2=Cc3c(cnn3-c3ccc(F)cc3)C[C@@]21C.CCl.C[C@]12Cc3cnn(-c4ccc(F)cc4)c3C=C1CCC2=O.C[C@]12Cc3cnn(-c4ccc(F)cc4)c3C=C1CC[C@@H]2N.C[C@]12Cc3cnn(-c4ccc(F)cc4)c3C=C1CC[C@@H]2NC(=O)c1cccs1.O=C(O)c1cccs1. The fourth-order valence-corrected chi connectivity index (χ4v) is 19.2. The molecule has 4 fully saturated rings. The summed E-state index contributed by atoms with van der Waals surface area (Å²) in [6.45, 7) is 15.7. The molecule has 0 spiro atoms. The lowest BCUT2D eigenvalue weighted by Crippen LogP contribution is -2.48. The third-order valence-corrected chi connectivity index (χ3v) is 26.1. The number of carbonyl (C=O) groups is 4. The van der Waals surface area contributed by atoms with E-state index < -0.39 is 5.97 Å². The Morgan fingerprint density at radius 1 is 0.504 bits per heavy atom. The summed E-state index contributed by atoms with van der Waals surface area (Å²) in [7, 11) is 0. The van der Waals surface area contributed by atoms with Gasteiger partial charge >= 0.3 is 5.97 Å². The number of carboxylic acids is 1. The normalized spacial score (nSPS) is 22.0. The minimum atomic E-state index is -0.847. The molecule has 0 saturated heterocycles. The maximum absolute atomic E-state index is 13.4. The maximum atomic E-state index is 13.4. The molecule has 7 aromatic heterocycles. The molecular weight excluding hydrogens is 1510 g/mol. The Morgan fingerprint density at radius 2 is 0.876 bits per heavy atom. The van der Waals surface area contributed by atoms with Crippen molar-refractivity contribution in [1.29, 1.82) is 0 Å². The molecule has 7 atom stereocenters. The molecule has 11 aromatic rings. The first kappa shape index (κ1) is 80.9. The summed E-state index contributed by atoms with van der Waals surface area (Å²) in [6, 6.07) is 37.0. The third kappa shape index (κ3) is 16.3. The first-order valence-electron chi connectivity index (χ1n) is 38.3. The number of alkyl halides is 1. The lowest BCUT2D eigenvalue weighted by molar-refractivity contribution is -0.123. The number of nitrogens with one attached hydrogen (secondary N) is 1. The van der Waals surface area contributed by atoms with Gasteiger partial charge in [0.1, 0.15) is 33.9 Å². The monoisotopic (exact) mass is 1600 g/mol. The molecule has 4 aromatic carbocycles. The highest BCUT2D eigenvalue weighted by Gasteiger charge is 2.51. The van der Waals surface area contributed by atoms with Gasteiger partial charge in [-0.25, -0.2) is 41.1 Å². The van der Waals surface area contributed by atoms with E-state index in [2.05, 4.69) is 94.2 Å². The van der Waals surface area contributed by atoms with Crippen molar-refractivity contribution in [1.82, 2.24) is 49.3 Å². The van der Waals surface area contributed by atoms with Crippen LogP contribution in [0, 0.1) is 44.9 Å². The highest BCUT2D eigenvalue weighted by Crippen LogP contribution is 2.54. The summed E-state index contributed by atoms with van der Waals surface area (Å²) in [5, 5.41) is 35.2. The fraction of sp³-hybridized carbons (Fsp3) is 0.326. The molecule has 8 aliphatic rings. The van der Waals surface area contributed by atoms with Crippen LogP contribution >= 0.6 is 45.6 Å². The molecular formula is C89H92ClF4N11O5S3. The zero-order valence-electron chi connectivity index (χ0n) is 64.5. The highest BCUT2D eigenvalue weighted by molar-refractivity contribution is 7.12. The smallest absolute Gasteiger partial charge is 0.345 e. The zero-order valence-corrected chi connectivity index (χ0v) is 67.7. The summed E-state index contributed by atoms with van der Waals surface area (Å²) < 4.78 is 60.3. The van der Waals surface area contributed by atoms with Gasteiger partial charge in [-0.1, -0.05) is 82.0 Å².